The van der Waals surface area contributed by atoms with Crippen LogP contribution >= 0.6 is 0 Å². The largest absolute Gasteiger partial charge is 0.0654 e. The van der Waals surface area contributed by atoms with Crippen LogP contribution in [0.1, 0.15) is 143 Å². The van der Waals surface area contributed by atoms with Gasteiger partial charge in [-0.05, 0) is 18.3 Å². The topological polar surface area (TPSA) is 0 Å². The average Bonchev–Trinajstić information content (AvgIpc) is 2.55. The van der Waals surface area contributed by atoms with Crippen LogP contribution in [0.25, 0.3) is 0 Å². The Balaban J connectivity index is 3.59. The second-order valence-electron chi connectivity index (χ2n) is 8.67. The molecule has 0 aliphatic rings. The SMILES string of the molecule is CCCCCCCCCCC(CCCCCCCCC)CC(C)C. The third-order valence-corrected chi connectivity index (χ3v) is 5.49. The standard InChI is InChI=1S/C24H50/c1-5-7-9-11-13-15-17-19-21-24(22-23(3)4)20-18-16-14-12-10-8-6-2/h23-24H,5-22H2,1-4H3. The van der Waals surface area contributed by atoms with Crippen LogP contribution < -0.4 is 0 Å². The van der Waals surface area contributed by atoms with E-state index in [0.717, 1.165) is 11.8 Å². The lowest BCUT2D eigenvalue weighted by atomic mass is 9.87. The lowest BCUT2D eigenvalue weighted by molar-refractivity contribution is 0.338. The second-order valence-corrected chi connectivity index (χ2v) is 8.67. The first-order valence-electron chi connectivity index (χ1n) is 11.7. The summed E-state index contributed by atoms with van der Waals surface area (Å²) in [5, 5.41) is 0. The van der Waals surface area contributed by atoms with Gasteiger partial charge in [-0.2, -0.15) is 0 Å². The zero-order valence-corrected chi connectivity index (χ0v) is 17.9. The molecule has 0 saturated carbocycles. The maximum absolute atomic E-state index is 2.41. The molecule has 0 fully saturated rings. The van der Waals surface area contributed by atoms with Crippen molar-refractivity contribution >= 4 is 0 Å². The van der Waals surface area contributed by atoms with E-state index in [1.165, 1.54) is 116 Å². The molecule has 0 aromatic carbocycles. The van der Waals surface area contributed by atoms with Gasteiger partial charge < -0.3 is 0 Å². The van der Waals surface area contributed by atoms with Crippen molar-refractivity contribution in [1.29, 1.82) is 0 Å². The predicted octanol–water partition coefficient (Wildman–Crippen LogP) is 9.32. The normalized spacial score (nSPS) is 12.9. The van der Waals surface area contributed by atoms with Crippen molar-refractivity contribution in [3.63, 3.8) is 0 Å². The molecular formula is C24H50. The summed E-state index contributed by atoms with van der Waals surface area (Å²) in [5.41, 5.74) is 0. The van der Waals surface area contributed by atoms with Gasteiger partial charge in [0, 0.05) is 0 Å². The van der Waals surface area contributed by atoms with Crippen molar-refractivity contribution < 1.29 is 0 Å². The Hall–Kier alpha value is 0. The van der Waals surface area contributed by atoms with Gasteiger partial charge in [0.05, 0.1) is 0 Å². The van der Waals surface area contributed by atoms with Crippen molar-refractivity contribution in [3.8, 4) is 0 Å². The van der Waals surface area contributed by atoms with E-state index in [1.54, 1.807) is 0 Å². The smallest absolute Gasteiger partial charge is 0.0412 e. The van der Waals surface area contributed by atoms with E-state index in [2.05, 4.69) is 27.7 Å². The van der Waals surface area contributed by atoms with Crippen LogP contribution in [-0.2, 0) is 0 Å². The van der Waals surface area contributed by atoms with Gasteiger partial charge in [-0.3, -0.25) is 0 Å². The Morgan fingerprint density at radius 3 is 1.12 bits per heavy atom. The molecule has 0 bridgehead atoms. The number of rotatable bonds is 19. The molecule has 0 spiro atoms. The molecule has 0 nitrogen and oxygen atoms in total. The van der Waals surface area contributed by atoms with Crippen LogP contribution in [0.5, 0.6) is 0 Å². The first-order chi connectivity index (χ1) is 11.7. The molecule has 0 heterocycles. The highest BCUT2D eigenvalue weighted by atomic mass is 14.2. The molecule has 0 heteroatoms. The summed E-state index contributed by atoms with van der Waals surface area (Å²) in [6.07, 6.45) is 26.3. The minimum atomic E-state index is 0.883. The van der Waals surface area contributed by atoms with Crippen molar-refractivity contribution in [2.45, 2.75) is 143 Å². The first-order valence-corrected chi connectivity index (χ1v) is 11.7. The maximum atomic E-state index is 2.41. The molecule has 0 radical (unpaired) electrons. The highest BCUT2D eigenvalue weighted by molar-refractivity contribution is 4.63. The van der Waals surface area contributed by atoms with Gasteiger partial charge in [0.25, 0.3) is 0 Å². The molecule has 24 heavy (non-hydrogen) atoms. The fourth-order valence-corrected chi connectivity index (χ4v) is 4.00. The monoisotopic (exact) mass is 338 g/mol. The maximum Gasteiger partial charge on any atom is -0.0412 e. The van der Waals surface area contributed by atoms with Crippen LogP contribution in [0.3, 0.4) is 0 Å². The highest BCUT2D eigenvalue weighted by Gasteiger charge is 2.10. The zero-order chi connectivity index (χ0) is 17.9. The molecule has 0 aliphatic heterocycles. The summed E-state index contributed by atoms with van der Waals surface area (Å²) in [6, 6.07) is 0. The summed E-state index contributed by atoms with van der Waals surface area (Å²) >= 11 is 0. The Labute approximate surface area is 155 Å². The minimum absolute atomic E-state index is 0.883. The lowest BCUT2D eigenvalue weighted by Crippen LogP contribution is -2.05. The lowest BCUT2D eigenvalue weighted by Gasteiger charge is -2.19. The molecule has 0 aromatic rings. The van der Waals surface area contributed by atoms with E-state index in [0.29, 0.717) is 0 Å². The second kappa shape index (κ2) is 19.3. The zero-order valence-electron chi connectivity index (χ0n) is 17.9. The molecule has 146 valence electrons. The van der Waals surface area contributed by atoms with Gasteiger partial charge >= 0.3 is 0 Å². The Morgan fingerprint density at radius 1 is 0.458 bits per heavy atom. The van der Waals surface area contributed by atoms with Crippen molar-refractivity contribution in [1.82, 2.24) is 0 Å². The fraction of sp³-hybridized carbons (Fsp3) is 1.00. The van der Waals surface area contributed by atoms with Gasteiger partial charge in [0.2, 0.25) is 0 Å². The highest BCUT2D eigenvalue weighted by Crippen LogP contribution is 2.25. The van der Waals surface area contributed by atoms with Crippen LogP contribution in [0, 0.1) is 11.8 Å². The van der Waals surface area contributed by atoms with Crippen LogP contribution in [-0.4, -0.2) is 0 Å². The number of hydrogen-bond acceptors (Lipinski definition) is 0. The van der Waals surface area contributed by atoms with E-state index in [1.807, 2.05) is 0 Å². The molecule has 0 amide bonds. The van der Waals surface area contributed by atoms with Crippen LogP contribution in [0.2, 0.25) is 0 Å². The average molecular weight is 339 g/mol. The predicted molar refractivity (Wildman–Crippen MR) is 113 cm³/mol. The van der Waals surface area contributed by atoms with Crippen molar-refractivity contribution in [3.05, 3.63) is 0 Å². The van der Waals surface area contributed by atoms with Crippen molar-refractivity contribution in [2.24, 2.45) is 11.8 Å². The number of unbranched alkanes of at least 4 members (excludes halogenated alkanes) is 13. The molecule has 0 aliphatic carbocycles. The summed E-state index contributed by atoms with van der Waals surface area (Å²) < 4.78 is 0. The summed E-state index contributed by atoms with van der Waals surface area (Å²) in [6.45, 7) is 9.43. The molecule has 1 atom stereocenters. The Bertz CT molecular complexity index is 218. The molecule has 0 aromatic heterocycles. The van der Waals surface area contributed by atoms with E-state index in [4.69, 9.17) is 0 Å². The summed E-state index contributed by atoms with van der Waals surface area (Å²) in [4.78, 5) is 0. The van der Waals surface area contributed by atoms with E-state index < -0.39 is 0 Å². The van der Waals surface area contributed by atoms with Gasteiger partial charge in [-0.1, -0.05) is 137 Å². The summed E-state index contributed by atoms with van der Waals surface area (Å²) in [5.74, 6) is 1.90. The summed E-state index contributed by atoms with van der Waals surface area (Å²) in [7, 11) is 0. The molecule has 0 rings (SSSR count). The molecule has 0 N–H and O–H groups in total. The first kappa shape index (κ1) is 24.0. The Kier molecular flexibility index (Phi) is 19.3. The van der Waals surface area contributed by atoms with Crippen LogP contribution in [0.15, 0.2) is 0 Å². The quantitative estimate of drug-likeness (QED) is 0.206. The van der Waals surface area contributed by atoms with E-state index in [9.17, 15) is 0 Å². The van der Waals surface area contributed by atoms with E-state index in [-0.39, 0.29) is 0 Å². The number of hydrogen-bond donors (Lipinski definition) is 0. The fourth-order valence-electron chi connectivity index (χ4n) is 4.00. The van der Waals surface area contributed by atoms with Crippen molar-refractivity contribution in [2.75, 3.05) is 0 Å². The molecule has 0 saturated heterocycles. The molecule has 1 unspecified atom stereocenters. The molecular weight excluding hydrogens is 288 g/mol. The van der Waals surface area contributed by atoms with E-state index >= 15 is 0 Å². The van der Waals surface area contributed by atoms with Gasteiger partial charge in [-0.15, -0.1) is 0 Å². The Morgan fingerprint density at radius 2 is 0.792 bits per heavy atom. The van der Waals surface area contributed by atoms with Crippen LogP contribution in [0.4, 0.5) is 0 Å². The van der Waals surface area contributed by atoms with Gasteiger partial charge in [0.1, 0.15) is 0 Å². The third-order valence-electron chi connectivity index (χ3n) is 5.49. The third kappa shape index (κ3) is 18.3. The van der Waals surface area contributed by atoms with Gasteiger partial charge in [0.15, 0.2) is 0 Å². The minimum Gasteiger partial charge on any atom is -0.0654 e. The van der Waals surface area contributed by atoms with Gasteiger partial charge in [-0.25, -0.2) is 0 Å².